The molecule has 0 radical (unpaired) electrons. The number of hydrogen-bond donors (Lipinski definition) is 1. The maximum atomic E-state index is 12.6. The summed E-state index contributed by atoms with van der Waals surface area (Å²) in [5.41, 5.74) is 2.20. The Morgan fingerprint density at radius 3 is 2.77 bits per heavy atom. The third-order valence-corrected chi connectivity index (χ3v) is 5.96. The van der Waals surface area contributed by atoms with Crippen LogP contribution in [0.2, 0.25) is 0 Å². The number of ether oxygens (including phenoxy) is 1. The van der Waals surface area contributed by atoms with Gasteiger partial charge in [0.05, 0.1) is 19.6 Å². The summed E-state index contributed by atoms with van der Waals surface area (Å²) in [6.45, 7) is 5.63. The molecule has 2 fully saturated rings. The van der Waals surface area contributed by atoms with Crippen LogP contribution in [0.1, 0.15) is 17.5 Å². The molecule has 0 aliphatic carbocycles. The monoisotopic (exact) mass is 377 g/mol. The maximum Gasteiger partial charge on any atom is 0.237 e. The third-order valence-electron chi connectivity index (χ3n) is 5.02. The van der Waals surface area contributed by atoms with Crippen molar-refractivity contribution in [2.24, 2.45) is 0 Å². The van der Waals surface area contributed by atoms with Gasteiger partial charge in [0.2, 0.25) is 11.8 Å². The van der Waals surface area contributed by atoms with Crippen molar-refractivity contribution in [2.45, 2.75) is 25.9 Å². The Morgan fingerprint density at radius 2 is 2.08 bits per heavy atom. The molecule has 1 aromatic rings. The van der Waals surface area contributed by atoms with E-state index in [0.717, 1.165) is 48.0 Å². The Bertz CT molecular complexity index is 661. The fraction of sp³-hybridized carbons (Fsp3) is 0.579. The zero-order chi connectivity index (χ0) is 18.5. The minimum absolute atomic E-state index is 0.0405. The van der Waals surface area contributed by atoms with Gasteiger partial charge in [0.1, 0.15) is 5.75 Å². The summed E-state index contributed by atoms with van der Waals surface area (Å²) < 4.78 is 5.32. The number of nitrogens with zero attached hydrogens (tertiary/aromatic N) is 2. The van der Waals surface area contributed by atoms with Crippen molar-refractivity contribution in [3.63, 3.8) is 0 Å². The Hall–Kier alpha value is -1.73. The van der Waals surface area contributed by atoms with Gasteiger partial charge in [-0.25, -0.2) is 0 Å². The highest BCUT2D eigenvalue weighted by Gasteiger charge is 2.33. The van der Waals surface area contributed by atoms with Crippen LogP contribution >= 0.6 is 11.8 Å². The molecule has 2 saturated heterocycles. The molecule has 0 aromatic heterocycles. The topological polar surface area (TPSA) is 61.9 Å². The number of hydrogen-bond acceptors (Lipinski definition) is 5. The molecular weight excluding hydrogens is 350 g/mol. The minimum atomic E-state index is -0.395. The molecule has 0 saturated carbocycles. The van der Waals surface area contributed by atoms with E-state index in [1.54, 1.807) is 7.11 Å². The van der Waals surface area contributed by atoms with Gasteiger partial charge in [0.25, 0.3) is 0 Å². The van der Waals surface area contributed by atoms with E-state index in [0.29, 0.717) is 13.1 Å². The molecule has 1 N–H and O–H groups in total. The minimum Gasteiger partial charge on any atom is -0.496 e. The predicted octanol–water partition coefficient (Wildman–Crippen LogP) is 1.27. The van der Waals surface area contributed by atoms with Crippen molar-refractivity contribution in [2.75, 3.05) is 44.8 Å². The van der Waals surface area contributed by atoms with Crippen LogP contribution in [0.3, 0.4) is 0 Å². The number of benzene rings is 1. The highest BCUT2D eigenvalue weighted by Crippen LogP contribution is 2.22. The molecule has 2 aliphatic rings. The van der Waals surface area contributed by atoms with Crippen molar-refractivity contribution >= 4 is 23.6 Å². The average Bonchev–Trinajstić information content (AvgIpc) is 2.65. The summed E-state index contributed by atoms with van der Waals surface area (Å²) in [7, 11) is 1.66. The standard InChI is InChI=1S/C19H27N3O3S/c1-14-11-15(3-4-17(14)25-2)13-22-6-5-20-19(24)16(22)12-18(23)21-7-9-26-10-8-21/h3-4,11,16H,5-10,12-13H2,1-2H3,(H,20,24). The van der Waals surface area contributed by atoms with E-state index in [9.17, 15) is 9.59 Å². The summed E-state index contributed by atoms with van der Waals surface area (Å²) in [4.78, 5) is 29.1. The number of piperazine rings is 1. The molecule has 3 rings (SSSR count). The second-order valence-electron chi connectivity index (χ2n) is 6.78. The molecule has 142 valence electrons. The molecule has 2 heterocycles. The van der Waals surface area contributed by atoms with Crippen LogP contribution in [0, 0.1) is 6.92 Å². The zero-order valence-electron chi connectivity index (χ0n) is 15.5. The van der Waals surface area contributed by atoms with Crippen LogP contribution in [-0.2, 0) is 16.1 Å². The first-order valence-corrected chi connectivity index (χ1v) is 10.2. The van der Waals surface area contributed by atoms with E-state index in [1.807, 2.05) is 35.7 Å². The summed E-state index contributed by atoms with van der Waals surface area (Å²) in [5.74, 6) is 2.87. The van der Waals surface area contributed by atoms with Gasteiger partial charge in [-0.3, -0.25) is 14.5 Å². The van der Waals surface area contributed by atoms with Gasteiger partial charge in [0.15, 0.2) is 0 Å². The highest BCUT2D eigenvalue weighted by atomic mass is 32.2. The fourth-order valence-corrected chi connectivity index (χ4v) is 4.46. The van der Waals surface area contributed by atoms with Crippen LogP contribution < -0.4 is 10.1 Å². The van der Waals surface area contributed by atoms with E-state index in [2.05, 4.69) is 16.3 Å². The number of carbonyl (C=O) groups excluding carboxylic acids is 2. The Labute approximate surface area is 159 Å². The van der Waals surface area contributed by atoms with Gasteiger partial charge < -0.3 is 15.0 Å². The molecule has 1 atom stereocenters. The zero-order valence-corrected chi connectivity index (χ0v) is 16.3. The molecular formula is C19H27N3O3S. The first-order valence-electron chi connectivity index (χ1n) is 9.09. The van der Waals surface area contributed by atoms with Gasteiger partial charge in [-0.05, 0) is 24.1 Å². The molecule has 2 amide bonds. The molecule has 2 aliphatic heterocycles. The lowest BCUT2D eigenvalue weighted by atomic mass is 10.0. The van der Waals surface area contributed by atoms with Gasteiger partial charge >= 0.3 is 0 Å². The van der Waals surface area contributed by atoms with Crippen LogP contribution in [-0.4, -0.2) is 72.5 Å². The largest absolute Gasteiger partial charge is 0.496 e. The highest BCUT2D eigenvalue weighted by molar-refractivity contribution is 7.99. The van der Waals surface area contributed by atoms with Crippen molar-refractivity contribution in [3.05, 3.63) is 29.3 Å². The van der Waals surface area contributed by atoms with E-state index >= 15 is 0 Å². The molecule has 7 heteroatoms. The summed E-state index contributed by atoms with van der Waals surface area (Å²) >= 11 is 1.88. The quantitative estimate of drug-likeness (QED) is 0.837. The Kier molecular flexibility index (Phi) is 6.43. The second-order valence-corrected chi connectivity index (χ2v) is 8.00. The number of carbonyl (C=O) groups is 2. The Morgan fingerprint density at radius 1 is 1.31 bits per heavy atom. The summed E-state index contributed by atoms with van der Waals surface area (Å²) in [6.07, 6.45) is 0.256. The van der Waals surface area contributed by atoms with Crippen LogP contribution in [0.5, 0.6) is 5.75 Å². The first-order chi connectivity index (χ1) is 12.6. The van der Waals surface area contributed by atoms with Crippen LogP contribution in [0.4, 0.5) is 0 Å². The van der Waals surface area contributed by atoms with Crippen molar-refractivity contribution in [1.29, 1.82) is 0 Å². The predicted molar refractivity (Wildman–Crippen MR) is 103 cm³/mol. The van der Waals surface area contributed by atoms with Crippen molar-refractivity contribution in [1.82, 2.24) is 15.1 Å². The van der Waals surface area contributed by atoms with E-state index in [1.165, 1.54) is 0 Å². The Balaban J connectivity index is 1.68. The van der Waals surface area contributed by atoms with E-state index in [4.69, 9.17) is 4.74 Å². The lowest BCUT2D eigenvalue weighted by Crippen LogP contribution is -2.56. The third kappa shape index (κ3) is 4.51. The first kappa shape index (κ1) is 19.0. The van der Waals surface area contributed by atoms with Gasteiger partial charge in [-0.2, -0.15) is 11.8 Å². The second kappa shape index (κ2) is 8.77. The lowest BCUT2D eigenvalue weighted by molar-refractivity contribution is -0.138. The molecule has 26 heavy (non-hydrogen) atoms. The fourth-order valence-electron chi connectivity index (χ4n) is 3.55. The molecule has 1 aromatic carbocycles. The number of thioether (sulfide) groups is 1. The average molecular weight is 378 g/mol. The normalized spacial score (nSPS) is 21.4. The van der Waals surface area contributed by atoms with Crippen molar-refractivity contribution in [3.8, 4) is 5.75 Å². The number of methoxy groups -OCH3 is 1. The van der Waals surface area contributed by atoms with Crippen LogP contribution in [0.15, 0.2) is 18.2 Å². The van der Waals surface area contributed by atoms with E-state index < -0.39 is 6.04 Å². The molecule has 1 unspecified atom stereocenters. The molecule has 6 nitrogen and oxygen atoms in total. The van der Waals surface area contributed by atoms with Gasteiger partial charge in [0, 0.05) is 44.2 Å². The summed E-state index contributed by atoms with van der Waals surface area (Å²) in [6, 6.07) is 5.68. The van der Waals surface area contributed by atoms with Gasteiger partial charge in [-0.15, -0.1) is 0 Å². The summed E-state index contributed by atoms with van der Waals surface area (Å²) in [5, 5.41) is 2.91. The SMILES string of the molecule is COc1ccc(CN2CCNC(=O)C2CC(=O)N2CCSCC2)cc1C. The number of aryl methyl sites for hydroxylation is 1. The smallest absolute Gasteiger partial charge is 0.237 e. The number of rotatable bonds is 5. The molecule has 0 bridgehead atoms. The number of amides is 2. The van der Waals surface area contributed by atoms with Crippen LogP contribution in [0.25, 0.3) is 0 Å². The number of nitrogens with one attached hydrogen (secondary N) is 1. The van der Waals surface area contributed by atoms with Gasteiger partial charge in [-0.1, -0.05) is 12.1 Å². The van der Waals surface area contributed by atoms with Crippen molar-refractivity contribution < 1.29 is 14.3 Å². The molecule has 0 spiro atoms. The maximum absolute atomic E-state index is 12.6. The lowest BCUT2D eigenvalue weighted by Gasteiger charge is -2.36. The van der Waals surface area contributed by atoms with E-state index in [-0.39, 0.29) is 18.2 Å².